The normalized spacial score (nSPS) is 33.6. The van der Waals surface area contributed by atoms with Crippen molar-refractivity contribution in [3.8, 4) is 0 Å². The highest BCUT2D eigenvalue weighted by Crippen LogP contribution is 2.30. The van der Waals surface area contributed by atoms with Gasteiger partial charge in [-0.15, -0.1) is 0 Å². The molecule has 0 bridgehead atoms. The molecule has 0 amide bonds. The van der Waals surface area contributed by atoms with Crippen molar-refractivity contribution in [1.29, 1.82) is 0 Å². The molecule has 2 rings (SSSR count). The van der Waals surface area contributed by atoms with E-state index in [2.05, 4.69) is 78.0 Å². The molecule has 2 atom stereocenters. The summed E-state index contributed by atoms with van der Waals surface area (Å²) in [6, 6.07) is 0. The van der Waals surface area contributed by atoms with Crippen molar-refractivity contribution in [2.75, 3.05) is 0 Å². The van der Waals surface area contributed by atoms with Gasteiger partial charge in [-0.05, 0) is 118 Å². The van der Waals surface area contributed by atoms with Crippen LogP contribution in [-0.4, -0.2) is 5.78 Å². The van der Waals surface area contributed by atoms with E-state index >= 15 is 0 Å². The summed E-state index contributed by atoms with van der Waals surface area (Å²) in [5.74, 6) is 1.17. The topological polar surface area (TPSA) is 17.1 Å². The van der Waals surface area contributed by atoms with Crippen LogP contribution in [0.5, 0.6) is 0 Å². The molecule has 2 unspecified atom stereocenters. The van der Waals surface area contributed by atoms with Gasteiger partial charge < -0.3 is 0 Å². The van der Waals surface area contributed by atoms with Gasteiger partial charge in [-0.25, -0.2) is 0 Å². The van der Waals surface area contributed by atoms with E-state index in [9.17, 15) is 4.79 Å². The number of ketones is 1. The van der Waals surface area contributed by atoms with Gasteiger partial charge in [0.15, 0.2) is 0 Å². The van der Waals surface area contributed by atoms with Crippen LogP contribution < -0.4 is 0 Å². The molecule has 2 aliphatic carbocycles. The van der Waals surface area contributed by atoms with Gasteiger partial charge in [0.25, 0.3) is 0 Å². The van der Waals surface area contributed by atoms with Crippen molar-refractivity contribution in [3.05, 3.63) is 69.9 Å². The summed E-state index contributed by atoms with van der Waals surface area (Å²) in [4.78, 5) is 13.4. The van der Waals surface area contributed by atoms with E-state index in [4.69, 9.17) is 0 Å². The standard InChI is InChI=1S/C33H50O/c1-25-11-7-9-13-27(3)17-21-31(29(5)19-15-25)23-33(34)24-32-22-18-28(4)14-10-8-12-26(2)16-20-30(32)6/h11-14,19-20,31-32H,7-10,15-18,21-24H2,1-6H3/b25-11-,26-12-,27-13-,28-14-,29-19-,30-20-. The Hall–Kier alpha value is -1.89. The minimum Gasteiger partial charge on any atom is -0.300 e. The van der Waals surface area contributed by atoms with Gasteiger partial charge >= 0.3 is 0 Å². The third-order valence-electron chi connectivity index (χ3n) is 7.81. The third kappa shape index (κ3) is 11.0. The molecule has 0 radical (unpaired) electrons. The zero-order valence-corrected chi connectivity index (χ0v) is 23.0. The Morgan fingerprint density at radius 3 is 1.32 bits per heavy atom. The number of rotatable bonds is 4. The molecule has 0 heterocycles. The second-order valence-electron chi connectivity index (χ2n) is 11.1. The van der Waals surface area contributed by atoms with E-state index in [-0.39, 0.29) is 0 Å². The molecule has 1 heteroatoms. The second-order valence-corrected chi connectivity index (χ2v) is 11.1. The van der Waals surface area contributed by atoms with Gasteiger partial charge in [-0.2, -0.15) is 0 Å². The summed E-state index contributed by atoms with van der Waals surface area (Å²) in [7, 11) is 0. The maximum atomic E-state index is 13.4. The van der Waals surface area contributed by atoms with E-state index in [0.717, 1.165) is 64.2 Å². The highest BCUT2D eigenvalue weighted by molar-refractivity contribution is 5.79. The molecule has 0 aliphatic heterocycles. The Kier molecular flexibility index (Phi) is 12.7. The summed E-state index contributed by atoms with van der Waals surface area (Å²) >= 11 is 0. The summed E-state index contributed by atoms with van der Waals surface area (Å²) in [5.41, 5.74) is 8.64. The molecule has 0 aromatic heterocycles. The fourth-order valence-electron chi connectivity index (χ4n) is 5.09. The summed E-state index contributed by atoms with van der Waals surface area (Å²) in [6.07, 6.45) is 26.6. The Labute approximate surface area is 210 Å². The lowest BCUT2D eigenvalue weighted by Crippen LogP contribution is -2.15. The number of hydrogen-bond donors (Lipinski definition) is 0. The average Bonchev–Trinajstić information content (AvgIpc) is 2.80. The first-order chi connectivity index (χ1) is 16.2. The first-order valence-corrected chi connectivity index (χ1v) is 13.7. The van der Waals surface area contributed by atoms with Crippen molar-refractivity contribution in [3.63, 3.8) is 0 Å². The van der Waals surface area contributed by atoms with Crippen LogP contribution in [0.25, 0.3) is 0 Å². The number of carbonyl (C=O) groups is 1. The molecule has 2 aliphatic rings. The Bertz CT molecular complexity index is 785. The number of allylic oxidation sites excluding steroid dienone is 12. The van der Waals surface area contributed by atoms with Gasteiger partial charge in [0.2, 0.25) is 0 Å². The number of Topliss-reactive ketones (excluding diaryl/α,β-unsaturated/α-hetero) is 1. The van der Waals surface area contributed by atoms with Gasteiger partial charge in [0.1, 0.15) is 5.78 Å². The molecule has 0 spiro atoms. The van der Waals surface area contributed by atoms with Crippen molar-refractivity contribution in [1.82, 2.24) is 0 Å². The van der Waals surface area contributed by atoms with Crippen LogP contribution in [0.2, 0.25) is 0 Å². The monoisotopic (exact) mass is 462 g/mol. The first kappa shape index (κ1) is 28.3. The summed E-state index contributed by atoms with van der Waals surface area (Å²) in [5, 5.41) is 0. The maximum absolute atomic E-state index is 13.4. The van der Waals surface area contributed by atoms with Crippen molar-refractivity contribution in [2.45, 2.75) is 119 Å². The van der Waals surface area contributed by atoms with Crippen LogP contribution in [-0.2, 0) is 4.79 Å². The molecular weight excluding hydrogens is 412 g/mol. The van der Waals surface area contributed by atoms with Crippen LogP contribution in [0.15, 0.2) is 69.9 Å². The van der Waals surface area contributed by atoms with E-state index in [1.54, 1.807) is 0 Å². The molecule has 0 aromatic rings. The molecule has 1 nitrogen and oxygen atoms in total. The largest absolute Gasteiger partial charge is 0.300 e. The minimum absolute atomic E-state index is 0.366. The molecular formula is C33H50O. The average molecular weight is 463 g/mol. The highest BCUT2D eigenvalue weighted by Gasteiger charge is 2.21. The molecule has 0 saturated carbocycles. The van der Waals surface area contributed by atoms with E-state index in [1.807, 2.05) is 0 Å². The van der Waals surface area contributed by atoms with Gasteiger partial charge in [0, 0.05) is 12.8 Å². The maximum Gasteiger partial charge on any atom is 0.134 e. The predicted molar refractivity (Wildman–Crippen MR) is 150 cm³/mol. The van der Waals surface area contributed by atoms with Crippen LogP contribution in [0.4, 0.5) is 0 Å². The number of hydrogen-bond acceptors (Lipinski definition) is 1. The molecule has 0 fully saturated rings. The predicted octanol–water partition coefficient (Wildman–Crippen LogP) is 10.2. The summed E-state index contributed by atoms with van der Waals surface area (Å²) < 4.78 is 0. The molecule has 0 N–H and O–H groups in total. The van der Waals surface area contributed by atoms with E-state index in [0.29, 0.717) is 30.5 Å². The van der Waals surface area contributed by atoms with E-state index in [1.165, 1.54) is 33.4 Å². The first-order valence-electron chi connectivity index (χ1n) is 13.7. The van der Waals surface area contributed by atoms with E-state index < -0.39 is 0 Å². The van der Waals surface area contributed by atoms with Crippen LogP contribution in [0.1, 0.15) is 119 Å². The van der Waals surface area contributed by atoms with Gasteiger partial charge in [-0.1, -0.05) is 69.9 Å². The lowest BCUT2D eigenvalue weighted by molar-refractivity contribution is -0.120. The quantitative estimate of drug-likeness (QED) is 0.380. The van der Waals surface area contributed by atoms with Crippen LogP contribution in [0.3, 0.4) is 0 Å². The highest BCUT2D eigenvalue weighted by atomic mass is 16.1. The third-order valence-corrected chi connectivity index (χ3v) is 7.81. The van der Waals surface area contributed by atoms with Gasteiger partial charge in [0.05, 0.1) is 0 Å². The molecule has 0 aromatic carbocycles. The second kappa shape index (κ2) is 15.2. The lowest BCUT2D eigenvalue weighted by Gasteiger charge is -2.22. The fourth-order valence-corrected chi connectivity index (χ4v) is 5.09. The Morgan fingerprint density at radius 1 is 0.588 bits per heavy atom. The van der Waals surface area contributed by atoms with Crippen molar-refractivity contribution < 1.29 is 4.79 Å². The Balaban J connectivity index is 2.13. The number of carbonyl (C=O) groups excluding carboxylic acids is 1. The van der Waals surface area contributed by atoms with Crippen molar-refractivity contribution in [2.24, 2.45) is 11.8 Å². The molecule has 0 saturated heterocycles. The Morgan fingerprint density at radius 2 is 0.941 bits per heavy atom. The zero-order chi connectivity index (χ0) is 24.9. The van der Waals surface area contributed by atoms with Gasteiger partial charge in [-0.3, -0.25) is 4.79 Å². The minimum atomic E-state index is 0.366. The fraction of sp³-hybridized carbons (Fsp3) is 0.606. The molecule has 188 valence electrons. The lowest BCUT2D eigenvalue weighted by atomic mass is 9.82. The SMILES string of the molecule is C/C1=C/CC/C=C(/C)CCC(CC(=O)CC2CC/C(C)=C\CC/C=C(/C)C/C=C\2C)/C(C)=C\C1. The smallest absolute Gasteiger partial charge is 0.134 e. The van der Waals surface area contributed by atoms with Crippen molar-refractivity contribution >= 4 is 5.78 Å². The zero-order valence-electron chi connectivity index (χ0n) is 23.0. The molecule has 34 heavy (non-hydrogen) atoms. The summed E-state index contributed by atoms with van der Waals surface area (Å²) in [6.45, 7) is 13.5. The van der Waals surface area contributed by atoms with Crippen LogP contribution in [0, 0.1) is 11.8 Å². The van der Waals surface area contributed by atoms with Crippen LogP contribution >= 0.6 is 0 Å².